The van der Waals surface area contributed by atoms with Gasteiger partial charge in [-0.1, -0.05) is 12.1 Å². The summed E-state index contributed by atoms with van der Waals surface area (Å²) < 4.78 is 0. The number of primary amides is 1. The molecule has 1 rings (SSSR count). The molecule has 4 N–H and O–H groups in total. The molecule has 0 saturated heterocycles. The zero-order chi connectivity index (χ0) is 10.6. The highest BCUT2D eigenvalue weighted by Crippen LogP contribution is 2.13. The molecule has 1 aromatic carbocycles. The third-order valence-corrected chi connectivity index (χ3v) is 1.93. The summed E-state index contributed by atoms with van der Waals surface area (Å²) in [6.45, 7) is 0. The minimum Gasteiger partial charge on any atom is -0.366 e. The summed E-state index contributed by atoms with van der Waals surface area (Å²) in [4.78, 5) is 10.7. The van der Waals surface area contributed by atoms with E-state index in [9.17, 15) is 4.79 Å². The maximum absolute atomic E-state index is 10.7. The highest BCUT2D eigenvalue weighted by Gasteiger charge is 2.06. The molecule has 0 bridgehead atoms. The minimum absolute atomic E-state index is 0.260. The Bertz CT molecular complexity index is 364. The third-order valence-electron chi connectivity index (χ3n) is 1.93. The standard InChI is InChI=1S/C10H11N3O/c11-6-5-9(12)7-1-3-8(4-2-7)10(13)14/h1-4,9H,5,12H2,(H2,13,14). The topological polar surface area (TPSA) is 92.9 Å². The van der Waals surface area contributed by atoms with E-state index in [-0.39, 0.29) is 12.5 Å². The van der Waals surface area contributed by atoms with Crippen LogP contribution in [0.3, 0.4) is 0 Å². The molecule has 0 aliphatic carbocycles. The molecule has 4 heteroatoms. The van der Waals surface area contributed by atoms with Crippen molar-refractivity contribution in [3.8, 4) is 6.07 Å². The second-order valence-electron chi connectivity index (χ2n) is 2.95. The summed E-state index contributed by atoms with van der Waals surface area (Å²) in [5.74, 6) is -0.467. The summed E-state index contributed by atoms with van der Waals surface area (Å²) in [5.41, 5.74) is 12.0. The Hall–Kier alpha value is -1.86. The summed E-state index contributed by atoms with van der Waals surface area (Å²) in [6, 6.07) is 8.32. The number of rotatable bonds is 3. The van der Waals surface area contributed by atoms with Crippen LogP contribution in [0.5, 0.6) is 0 Å². The van der Waals surface area contributed by atoms with E-state index >= 15 is 0 Å². The van der Waals surface area contributed by atoms with Crippen LogP contribution in [-0.4, -0.2) is 5.91 Å². The lowest BCUT2D eigenvalue weighted by atomic mass is 10.0. The fourth-order valence-electron chi connectivity index (χ4n) is 1.11. The maximum atomic E-state index is 10.7. The molecule has 0 radical (unpaired) electrons. The van der Waals surface area contributed by atoms with Crippen LogP contribution in [-0.2, 0) is 0 Å². The number of benzene rings is 1. The van der Waals surface area contributed by atoms with Crippen LogP contribution in [0, 0.1) is 11.3 Å². The Labute approximate surface area is 82.1 Å². The first-order valence-corrected chi connectivity index (χ1v) is 4.17. The lowest BCUT2D eigenvalue weighted by Crippen LogP contribution is -2.12. The van der Waals surface area contributed by atoms with Gasteiger partial charge in [0, 0.05) is 11.6 Å². The van der Waals surface area contributed by atoms with Crippen LogP contribution < -0.4 is 11.5 Å². The second-order valence-corrected chi connectivity index (χ2v) is 2.95. The Kier molecular flexibility index (Phi) is 3.21. The molecule has 1 unspecified atom stereocenters. The number of amides is 1. The van der Waals surface area contributed by atoms with E-state index < -0.39 is 5.91 Å². The molecular weight excluding hydrogens is 178 g/mol. The predicted octanol–water partition coefficient (Wildman–Crippen LogP) is 0.699. The Morgan fingerprint density at radius 3 is 2.43 bits per heavy atom. The maximum Gasteiger partial charge on any atom is 0.248 e. The molecule has 1 aromatic rings. The fourth-order valence-corrected chi connectivity index (χ4v) is 1.11. The summed E-state index contributed by atoms with van der Waals surface area (Å²) >= 11 is 0. The van der Waals surface area contributed by atoms with E-state index in [1.165, 1.54) is 0 Å². The van der Waals surface area contributed by atoms with E-state index in [1.807, 2.05) is 6.07 Å². The van der Waals surface area contributed by atoms with Gasteiger partial charge in [0.05, 0.1) is 12.5 Å². The molecule has 0 aliphatic heterocycles. The van der Waals surface area contributed by atoms with Crippen LogP contribution in [0.4, 0.5) is 0 Å². The molecular formula is C10H11N3O. The van der Waals surface area contributed by atoms with Crippen molar-refractivity contribution in [3.05, 3.63) is 35.4 Å². The van der Waals surface area contributed by atoms with Crippen LogP contribution in [0.2, 0.25) is 0 Å². The number of hydrogen-bond acceptors (Lipinski definition) is 3. The number of carbonyl (C=O) groups is 1. The lowest BCUT2D eigenvalue weighted by molar-refractivity contribution is 0.100. The van der Waals surface area contributed by atoms with Crippen molar-refractivity contribution >= 4 is 5.91 Å². The summed E-state index contributed by atoms with van der Waals surface area (Å²) in [5, 5.41) is 8.44. The molecule has 1 amide bonds. The van der Waals surface area contributed by atoms with Gasteiger partial charge in [-0.3, -0.25) is 4.79 Å². The van der Waals surface area contributed by atoms with Gasteiger partial charge in [0.25, 0.3) is 0 Å². The number of carbonyl (C=O) groups excluding carboxylic acids is 1. The third kappa shape index (κ3) is 2.31. The van der Waals surface area contributed by atoms with Crippen LogP contribution in [0.1, 0.15) is 28.4 Å². The van der Waals surface area contributed by atoms with Crippen LogP contribution in [0.15, 0.2) is 24.3 Å². The van der Waals surface area contributed by atoms with Gasteiger partial charge in [-0.05, 0) is 17.7 Å². The van der Waals surface area contributed by atoms with Crippen molar-refractivity contribution in [3.63, 3.8) is 0 Å². The van der Waals surface area contributed by atoms with Gasteiger partial charge in [0.1, 0.15) is 0 Å². The normalized spacial score (nSPS) is 11.7. The highest BCUT2D eigenvalue weighted by molar-refractivity contribution is 5.92. The summed E-state index contributed by atoms with van der Waals surface area (Å²) in [6.07, 6.45) is 0.260. The Balaban J connectivity index is 2.84. The quantitative estimate of drug-likeness (QED) is 0.732. The van der Waals surface area contributed by atoms with E-state index in [2.05, 4.69) is 0 Å². The van der Waals surface area contributed by atoms with Crippen molar-refractivity contribution in [2.45, 2.75) is 12.5 Å². The molecule has 0 fully saturated rings. The van der Waals surface area contributed by atoms with Gasteiger partial charge >= 0.3 is 0 Å². The van der Waals surface area contributed by atoms with Crippen molar-refractivity contribution in [2.24, 2.45) is 11.5 Å². The predicted molar refractivity (Wildman–Crippen MR) is 52.1 cm³/mol. The number of nitriles is 1. The molecule has 0 aromatic heterocycles. The van der Waals surface area contributed by atoms with E-state index in [4.69, 9.17) is 16.7 Å². The number of nitrogens with two attached hydrogens (primary N) is 2. The molecule has 0 heterocycles. The minimum atomic E-state index is -0.467. The van der Waals surface area contributed by atoms with Crippen molar-refractivity contribution < 1.29 is 4.79 Å². The molecule has 14 heavy (non-hydrogen) atoms. The van der Waals surface area contributed by atoms with E-state index in [0.29, 0.717) is 5.56 Å². The first-order chi connectivity index (χ1) is 6.65. The molecule has 4 nitrogen and oxygen atoms in total. The van der Waals surface area contributed by atoms with E-state index in [1.54, 1.807) is 24.3 Å². The number of nitrogens with zero attached hydrogens (tertiary/aromatic N) is 1. The largest absolute Gasteiger partial charge is 0.366 e. The van der Waals surface area contributed by atoms with Gasteiger partial charge in [-0.2, -0.15) is 5.26 Å². The molecule has 1 atom stereocenters. The molecule has 0 aliphatic rings. The average molecular weight is 189 g/mol. The van der Waals surface area contributed by atoms with Crippen LogP contribution >= 0.6 is 0 Å². The van der Waals surface area contributed by atoms with Crippen molar-refractivity contribution in [1.82, 2.24) is 0 Å². The van der Waals surface area contributed by atoms with E-state index in [0.717, 1.165) is 5.56 Å². The molecule has 0 spiro atoms. The van der Waals surface area contributed by atoms with Crippen molar-refractivity contribution in [2.75, 3.05) is 0 Å². The average Bonchev–Trinajstić information content (AvgIpc) is 2.18. The number of hydrogen-bond donors (Lipinski definition) is 2. The van der Waals surface area contributed by atoms with Gasteiger partial charge in [0.15, 0.2) is 0 Å². The van der Waals surface area contributed by atoms with Gasteiger partial charge < -0.3 is 11.5 Å². The monoisotopic (exact) mass is 189 g/mol. The first kappa shape index (κ1) is 10.2. The zero-order valence-electron chi connectivity index (χ0n) is 7.60. The smallest absolute Gasteiger partial charge is 0.248 e. The zero-order valence-corrected chi connectivity index (χ0v) is 7.60. The Morgan fingerprint density at radius 1 is 1.43 bits per heavy atom. The Morgan fingerprint density at radius 2 is 2.00 bits per heavy atom. The lowest BCUT2D eigenvalue weighted by Gasteiger charge is -2.07. The van der Waals surface area contributed by atoms with Crippen LogP contribution in [0.25, 0.3) is 0 Å². The molecule has 0 saturated carbocycles. The van der Waals surface area contributed by atoms with Crippen molar-refractivity contribution in [1.29, 1.82) is 5.26 Å². The highest BCUT2D eigenvalue weighted by atomic mass is 16.1. The van der Waals surface area contributed by atoms with Gasteiger partial charge in [-0.15, -0.1) is 0 Å². The first-order valence-electron chi connectivity index (χ1n) is 4.17. The summed E-state index contributed by atoms with van der Waals surface area (Å²) in [7, 11) is 0. The SMILES string of the molecule is N#CCC(N)c1ccc(C(N)=O)cc1. The second kappa shape index (κ2) is 4.40. The molecule has 72 valence electrons. The van der Waals surface area contributed by atoms with Gasteiger partial charge in [0.2, 0.25) is 5.91 Å². The van der Waals surface area contributed by atoms with Gasteiger partial charge in [-0.25, -0.2) is 0 Å². The fraction of sp³-hybridized carbons (Fsp3) is 0.200.